The molecular weight excluding hydrogens is 455 g/mol. The maximum Gasteiger partial charge on any atom is 0.416 e. The fourth-order valence-corrected chi connectivity index (χ4v) is 3.30. The van der Waals surface area contributed by atoms with E-state index in [9.17, 15) is 38.4 Å². The van der Waals surface area contributed by atoms with Crippen molar-refractivity contribution < 1.29 is 23.2 Å². The number of rotatable bonds is 5. The molecule has 0 aliphatic rings. The van der Waals surface area contributed by atoms with Crippen molar-refractivity contribution in [3.8, 4) is 11.9 Å². The number of aromatic hydroxyl groups is 1. The molecule has 1 unspecified atom stereocenters. The molecule has 0 fully saturated rings. The van der Waals surface area contributed by atoms with Crippen molar-refractivity contribution >= 4 is 17.1 Å². The molecule has 9 nitrogen and oxygen atoms in total. The van der Waals surface area contributed by atoms with Crippen LogP contribution in [0, 0.1) is 28.4 Å². The van der Waals surface area contributed by atoms with E-state index >= 15 is 0 Å². The lowest BCUT2D eigenvalue weighted by molar-refractivity contribution is -0.384. The highest BCUT2D eigenvalue weighted by Crippen LogP contribution is 2.37. The Balaban J connectivity index is 2.19. The van der Waals surface area contributed by atoms with Crippen molar-refractivity contribution in [3.05, 3.63) is 91.3 Å². The second-order valence-corrected chi connectivity index (χ2v) is 7.20. The number of azo groups is 1. The summed E-state index contributed by atoms with van der Waals surface area (Å²) in [4.78, 5) is 23.4. The number of hydrogen-bond donors (Lipinski definition) is 1. The first kappa shape index (κ1) is 24.1. The van der Waals surface area contributed by atoms with Crippen LogP contribution in [0.4, 0.5) is 30.2 Å². The monoisotopic (exact) mass is 471 g/mol. The summed E-state index contributed by atoms with van der Waals surface area (Å²) in [6.45, 7) is 2.93. The number of nitro benzene ring substituents is 1. The minimum absolute atomic E-state index is 0.0418. The Morgan fingerprint density at radius 2 is 1.82 bits per heavy atom. The lowest BCUT2D eigenvalue weighted by atomic mass is 10.1. The highest BCUT2D eigenvalue weighted by atomic mass is 19.4. The van der Waals surface area contributed by atoms with Crippen molar-refractivity contribution in [2.24, 2.45) is 10.2 Å². The average Bonchev–Trinajstić information content (AvgIpc) is 2.79. The number of aromatic nitrogens is 1. The van der Waals surface area contributed by atoms with Crippen molar-refractivity contribution in [2.75, 3.05) is 0 Å². The number of nitro groups is 1. The van der Waals surface area contributed by atoms with Crippen LogP contribution < -0.4 is 5.56 Å². The van der Waals surface area contributed by atoms with Crippen LogP contribution in [-0.2, 0) is 6.18 Å². The van der Waals surface area contributed by atoms with Crippen molar-refractivity contribution in [1.29, 1.82) is 5.26 Å². The summed E-state index contributed by atoms with van der Waals surface area (Å²) < 4.78 is 39.7. The maximum atomic E-state index is 13.2. The summed E-state index contributed by atoms with van der Waals surface area (Å²) in [5.74, 6) is -0.596. The summed E-state index contributed by atoms with van der Waals surface area (Å²) in [6.07, 6.45) is -4.81. The van der Waals surface area contributed by atoms with E-state index in [2.05, 4.69) is 10.2 Å². The molecule has 0 aliphatic carbocycles. The normalized spacial score (nSPS) is 12.5. The quantitative estimate of drug-likeness (QED) is 0.290. The van der Waals surface area contributed by atoms with Gasteiger partial charge in [0.05, 0.1) is 16.5 Å². The van der Waals surface area contributed by atoms with Gasteiger partial charge < -0.3 is 5.11 Å². The second kappa shape index (κ2) is 9.14. The van der Waals surface area contributed by atoms with E-state index in [0.29, 0.717) is 17.7 Å². The zero-order valence-electron chi connectivity index (χ0n) is 17.7. The van der Waals surface area contributed by atoms with E-state index in [1.165, 1.54) is 6.92 Å². The van der Waals surface area contributed by atoms with E-state index in [0.717, 1.165) is 10.6 Å². The van der Waals surface area contributed by atoms with Crippen molar-refractivity contribution in [1.82, 2.24) is 4.57 Å². The second-order valence-electron chi connectivity index (χ2n) is 7.20. The van der Waals surface area contributed by atoms with Gasteiger partial charge in [0.25, 0.3) is 11.2 Å². The molecule has 1 atom stereocenters. The van der Waals surface area contributed by atoms with E-state index < -0.39 is 51.2 Å². The van der Waals surface area contributed by atoms with Crippen molar-refractivity contribution in [3.63, 3.8) is 0 Å². The number of benzene rings is 2. The smallest absolute Gasteiger partial charge is 0.416 e. The Bertz CT molecular complexity index is 1390. The van der Waals surface area contributed by atoms with Crippen LogP contribution in [0.25, 0.3) is 0 Å². The van der Waals surface area contributed by atoms with Crippen molar-refractivity contribution in [2.45, 2.75) is 26.1 Å². The van der Waals surface area contributed by atoms with Gasteiger partial charge in [-0.3, -0.25) is 19.5 Å². The van der Waals surface area contributed by atoms with Gasteiger partial charge in [0, 0.05) is 11.6 Å². The van der Waals surface area contributed by atoms with Crippen LogP contribution in [0.15, 0.2) is 63.6 Å². The van der Waals surface area contributed by atoms with Gasteiger partial charge in [-0.2, -0.15) is 18.4 Å². The topological polar surface area (TPSA) is 134 Å². The third kappa shape index (κ3) is 4.49. The van der Waals surface area contributed by atoms with Crippen LogP contribution in [0.5, 0.6) is 5.88 Å². The molecule has 0 aliphatic heterocycles. The van der Waals surface area contributed by atoms with Gasteiger partial charge in [-0.25, -0.2) is 0 Å². The van der Waals surface area contributed by atoms with E-state index in [4.69, 9.17) is 0 Å². The fraction of sp³-hybridized carbons (Fsp3) is 0.182. The molecule has 34 heavy (non-hydrogen) atoms. The standard InChI is InChI=1S/C22H16F3N5O4/c1-12-16(11-26)20(31)29(13(2)14-6-4-3-5-7-14)21(32)19(12)28-27-17-9-8-15(22(23,24)25)10-18(17)30(33)34/h3-10,13,31H,1-2H3. The molecule has 1 N–H and O–H groups in total. The molecule has 12 heteroatoms. The van der Waals surface area contributed by atoms with Crippen LogP contribution >= 0.6 is 0 Å². The first-order chi connectivity index (χ1) is 16.0. The molecule has 0 saturated heterocycles. The first-order valence-electron chi connectivity index (χ1n) is 9.67. The Labute approximate surface area is 190 Å². The molecule has 0 spiro atoms. The summed E-state index contributed by atoms with van der Waals surface area (Å²) in [7, 11) is 0. The average molecular weight is 471 g/mol. The summed E-state index contributed by atoms with van der Waals surface area (Å²) in [6, 6.07) is 11.3. The maximum absolute atomic E-state index is 13.2. The third-order valence-corrected chi connectivity index (χ3v) is 5.14. The third-order valence-electron chi connectivity index (χ3n) is 5.14. The van der Waals surface area contributed by atoms with Crippen LogP contribution in [0.2, 0.25) is 0 Å². The zero-order valence-corrected chi connectivity index (χ0v) is 17.7. The lowest BCUT2D eigenvalue weighted by Gasteiger charge is -2.19. The van der Waals surface area contributed by atoms with Gasteiger partial charge in [-0.15, -0.1) is 10.2 Å². The van der Waals surface area contributed by atoms with Gasteiger partial charge in [-0.05, 0) is 31.5 Å². The highest BCUT2D eigenvalue weighted by molar-refractivity contribution is 5.60. The summed E-state index contributed by atoms with van der Waals surface area (Å²) >= 11 is 0. The minimum Gasteiger partial charge on any atom is -0.493 e. The predicted octanol–water partition coefficient (Wildman–Crippen LogP) is 5.69. The molecule has 0 radical (unpaired) electrons. The first-order valence-corrected chi connectivity index (χ1v) is 9.67. The van der Waals surface area contributed by atoms with Gasteiger partial charge in [0.15, 0.2) is 11.4 Å². The van der Waals surface area contributed by atoms with Gasteiger partial charge in [0.1, 0.15) is 11.6 Å². The Morgan fingerprint density at radius 3 is 2.38 bits per heavy atom. The van der Waals surface area contributed by atoms with Gasteiger partial charge in [0.2, 0.25) is 5.88 Å². The Hall–Kier alpha value is -4.53. The SMILES string of the molecule is Cc1c(C#N)c(O)n(C(C)c2ccccc2)c(=O)c1N=Nc1ccc(C(F)(F)F)cc1[N+](=O)[O-]. The molecule has 2 aromatic carbocycles. The summed E-state index contributed by atoms with van der Waals surface area (Å²) in [5.41, 5.74) is -3.65. The molecule has 3 aromatic rings. The molecule has 0 bridgehead atoms. The van der Waals surface area contributed by atoms with E-state index in [1.54, 1.807) is 43.3 Å². The van der Waals surface area contributed by atoms with Gasteiger partial charge in [-0.1, -0.05) is 30.3 Å². The van der Waals surface area contributed by atoms with Crippen LogP contribution in [0.1, 0.15) is 35.2 Å². The predicted molar refractivity (Wildman–Crippen MR) is 114 cm³/mol. The lowest BCUT2D eigenvalue weighted by Crippen LogP contribution is -2.25. The number of pyridine rings is 1. The molecule has 1 aromatic heterocycles. The van der Waals surface area contributed by atoms with E-state index in [1.807, 2.05) is 0 Å². The number of nitriles is 1. The Kier molecular flexibility index (Phi) is 6.49. The molecule has 0 saturated carbocycles. The van der Waals surface area contributed by atoms with E-state index in [-0.39, 0.29) is 11.1 Å². The fourth-order valence-electron chi connectivity index (χ4n) is 3.30. The molecule has 1 heterocycles. The van der Waals surface area contributed by atoms with Crippen LogP contribution in [0.3, 0.4) is 0 Å². The Morgan fingerprint density at radius 1 is 1.18 bits per heavy atom. The number of alkyl halides is 3. The molecule has 0 amide bonds. The minimum atomic E-state index is -4.81. The molecule has 3 rings (SSSR count). The molecular formula is C22H16F3N5O4. The number of halogens is 3. The zero-order chi connectivity index (χ0) is 25.2. The molecule has 174 valence electrons. The van der Waals surface area contributed by atoms with Gasteiger partial charge >= 0.3 is 6.18 Å². The number of hydrogen-bond acceptors (Lipinski definition) is 7. The van der Waals surface area contributed by atoms with Crippen LogP contribution in [-0.4, -0.2) is 14.6 Å². The number of nitrogens with zero attached hydrogens (tertiary/aromatic N) is 5. The summed E-state index contributed by atoms with van der Waals surface area (Å²) in [5, 5.41) is 38.8. The largest absolute Gasteiger partial charge is 0.493 e. The highest BCUT2D eigenvalue weighted by Gasteiger charge is 2.33.